The van der Waals surface area contributed by atoms with E-state index in [1.165, 1.54) is 6.07 Å². The monoisotopic (exact) mass is 257 g/mol. The first kappa shape index (κ1) is 11.4. The summed E-state index contributed by atoms with van der Waals surface area (Å²) in [5, 5.41) is 0. The largest absolute Gasteiger partial charge is 0.327 e. The van der Waals surface area contributed by atoms with E-state index in [1.807, 2.05) is 6.07 Å². The quantitative estimate of drug-likeness (QED) is 0.825. The molecule has 0 bridgehead atoms. The minimum Gasteiger partial charge on any atom is -0.327 e. The molecule has 76 valence electrons. The lowest BCUT2D eigenvalue weighted by atomic mass is 10.0. The van der Waals surface area contributed by atoms with Gasteiger partial charge < -0.3 is 5.73 Å². The Kier molecular flexibility index (Phi) is 4.29. The van der Waals surface area contributed by atoms with Crippen LogP contribution in [0.3, 0.4) is 0 Å². The Morgan fingerprint density at radius 1 is 1.57 bits per heavy atom. The number of halogens is 2. The van der Waals surface area contributed by atoms with Gasteiger partial charge in [0.2, 0.25) is 0 Å². The highest BCUT2D eigenvalue weighted by Gasteiger charge is 2.07. The molecule has 2 N–H and O–H groups in total. The molecule has 1 aromatic rings. The summed E-state index contributed by atoms with van der Waals surface area (Å²) in [6.45, 7) is 3.60. The molecule has 0 heterocycles. The third kappa shape index (κ3) is 3.24. The van der Waals surface area contributed by atoms with E-state index >= 15 is 0 Å². The van der Waals surface area contributed by atoms with Gasteiger partial charge in [-0.3, -0.25) is 0 Å². The van der Waals surface area contributed by atoms with Crippen molar-refractivity contribution < 1.29 is 4.39 Å². The second kappa shape index (κ2) is 5.27. The van der Waals surface area contributed by atoms with Crippen LogP contribution in [0.15, 0.2) is 35.3 Å². The lowest BCUT2D eigenvalue weighted by Crippen LogP contribution is -2.22. The summed E-state index contributed by atoms with van der Waals surface area (Å²) in [4.78, 5) is 0. The summed E-state index contributed by atoms with van der Waals surface area (Å²) in [6.07, 6.45) is 3.00. The van der Waals surface area contributed by atoms with Crippen LogP contribution in [0.5, 0.6) is 0 Å². The van der Waals surface area contributed by atoms with Gasteiger partial charge in [-0.25, -0.2) is 4.39 Å². The van der Waals surface area contributed by atoms with Crippen LogP contribution in [-0.2, 0) is 6.42 Å². The second-order valence-corrected chi connectivity index (χ2v) is 4.14. The number of hydrogen-bond acceptors (Lipinski definition) is 1. The maximum absolute atomic E-state index is 13.3. The van der Waals surface area contributed by atoms with Gasteiger partial charge in [0.15, 0.2) is 0 Å². The van der Waals surface area contributed by atoms with Gasteiger partial charge >= 0.3 is 0 Å². The van der Waals surface area contributed by atoms with E-state index in [9.17, 15) is 4.39 Å². The van der Waals surface area contributed by atoms with Crippen LogP contribution in [0.2, 0.25) is 0 Å². The molecule has 0 aliphatic heterocycles. The Bertz CT molecular complexity index is 325. The number of hydrogen-bond donors (Lipinski definition) is 1. The molecule has 0 amide bonds. The molecule has 0 radical (unpaired) electrons. The molecule has 0 aromatic heterocycles. The predicted octanol–water partition coefficient (Wildman–Crippen LogP) is 3.03. The van der Waals surface area contributed by atoms with E-state index in [1.54, 1.807) is 12.1 Å². The first-order valence-corrected chi connectivity index (χ1v) is 5.23. The van der Waals surface area contributed by atoms with E-state index in [2.05, 4.69) is 22.5 Å². The van der Waals surface area contributed by atoms with Crippen LogP contribution < -0.4 is 5.73 Å². The fourth-order valence-electron chi connectivity index (χ4n) is 1.27. The summed E-state index contributed by atoms with van der Waals surface area (Å²) < 4.78 is 14.1. The van der Waals surface area contributed by atoms with Gasteiger partial charge in [0.25, 0.3) is 0 Å². The molecular formula is C11H13BrFN. The van der Waals surface area contributed by atoms with Gasteiger partial charge in [-0.1, -0.05) is 28.1 Å². The molecule has 1 aromatic carbocycles. The Morgan fingerprint density at radius 3 is 2.86 bits per heavy atom. The van der Waals surface area contributed by atoms with Crippen LogP contribution >= 0.6 is 15.9 Å². The van der Waals surface area contributed by atoms with Gasteiger partial charge in [-0.2, -0.15) is 0 Å². The third-order valence-corrected chi connectivity index (χ3v) is 2.46. The molecule has 1 unspecified atom stereocenters. The Hall–Kier alpha value is -0.670. The summed E-state index contributed by atoms with van der Waals surface area (Å²) in [5.41, 5.74) is 6.43. The standard InChI is InChI=1S/C11H13BrFN/c1-2-3-10(14)6-8-4-5-9(12)7-11(8)13/h2,4-5,7,10H,1,3,6,14H2. The Balaban J connectivity index is 2.71. The smallest absolute Gasteiger partial charge is 0.127 e. The first-order chi connectivity index (χ1) is 6.63. The van der Waals surface area contributed by atoms with E-state index in [0.717, 1.165) is 4.47 Å². The highest BCUT2D eigenvalue weighted by Crippen LogP contribution is 2.16. The van der Waals surface area contributed by atoms with Crippen LogP contribution in [0, 0.1) is 5.82 Å². The average molecular weight is 258 g/mol. The molecule has 14 heavy (non-hydrogen) atoms. The molecule has 0 saturated carbocycles. The zero-order chi connectivity index (χ0) is 10.6. The Labute approximate surface area is 91.9 Å². The van der Waals surface area contributed by atoms with Gasteiger partial charge in [0, 0.05) is 10.5 Å². The van der Waals surface area contributed by atoms with E-state index in [4.69, 9.17) is 5.73 Å². The molecule has 1 nitrogen and oxygen atoms in total. The molecule has 0 aliphatic carbocycles. The maximum Gasteiger partial charge on any atom is 0.127 e. The van der Waals surface area contributed by atoms with Crippen molar-refractivity contribution in [1.82, 2.24) is 0 Å². The number of benzene rings is 1. The molecular weight excluding hydrogens is 245 g/mol. The third-order valence-electron chi connectivity index (χ3n) is 1.97. The molecule has 1 rings (SSSR count). The molecule has 0 fully saturated rings. The highest BCUT2D eigenvalue weighted by molar-refractivity contribution is 9.10. The predicted molar refractivity (Wildman–Crippen MR) is 60.6 cm³/mol. The van der Waals surface area contributed by atoms with Crippen LogP contribution in [0.4, 0.5) is 4.39 Å². The first-order valence-electron chi connectivity index (χ1n) is 4.44. The zero-order valence-corrected chi connectivity index (χ0v) is 9.43. The summed E-state index contributed by atoms with van der Waals surface area (Å²) in [5.74, 6) is -0.209. The number of rotatable bonds is 4. The van der Waals surface area contributed by atoms with Crippen molar-refractivity contribution in [2.45, 2.75) is 18.9 Å². The minimum absolute atomic E-state index is 0.0526. The van der Waals surface area contributed by atoms with Gasteiger partial charge in [0.1, 0.15) is 5.82 Å². The second-order valence-electron chi connectivity index (χ2n) is 3.22. The van der Waals surface area contributed by atoms with Crippen LogP contribution in [-0.4, -0.2) is 6.04 Å². The SMILES string of the molecule is C=CCC(N)Cc1ccc(Br)cc1F. The lowest BCUT2D eigenvalue weighted by Gasteiger charge is -2.09. The van der Waals surface area contributed by atoms with Crippen LogP contribution in [0.25, 0.3) is 0 Å². The molecule has 3 heteroatoms. The molecule has 0 spiro atoms. The van der Waals surface area contributed by atoms with E-state index in [-0.39, 0.29) is 11.9 Å². The van der Waals surface area contributed by atoms with Gasteiger partial charge in [-0.05, 0) is 30.5 Å². The van der Waals surface area contributed by atoms with Crippen LogP contribution in [0.1, 0.15) is 12.0 Å². The fourth-order valence-corrected chi connectivity index (χ4v) is 1.60. The summed E-state index contributed by atoms with van der Waals surface area (Å²) in [7, 11) is 0. The minimum atomic E-state index is -0.209. The van der Waals surface area contributed by atoms with E-state index in [0.29, 0.717) is 18.4 Å². The van der Waals surface area contributed by atoms with Gasteiger partial charge in [0.05, 0.1) is 0 Å². The van der Waals surface area contributed by atoms with Crippen molar-refractivity contribution in [3.05, 3.63) is 46.7 Å². The van der Waals surface area contributed by atoms with Crippen molar-refractivity contribution in [3.63, 3.8) is 0 Å². The Morgan fingerprint density at radius 2 is 2.29 bits per heavy atom. The fraction of sp³-hybridized carbons (Fsp3) is 0.273. The zero-order valence-electron chi connectivity index (χ0n) is 7.84. The summed E-state index contributed by atoms with van der Waals surface area (Å²) >= 11 is 3.21. The van der Waals surface area contributed by atoms with Crippen molar-refractivity contribution in [2.75, 3.05) is 0 Å². The van der Waals surface area contributed by atoms with Crippen molar-refractivity contribution in [2.24, 2.45) is 5.73 Å². The van der Waals surface area contributed by atoms with Crippen molar-refractivity contribution in [1.29, 1.82) is 0 Å². The molecule has 1 atom stereocenters. The average Bonchev–Trinajstić information content (AvgIpc) is 2.10. The van der Waals surface area contributed by atoms with Crippen molar-refractivity contribution in [3.8, 4) is 0 Å². The van der Waals surface area contributed by atoms with Crippen molar-refractivity contribution >= 4 is 15.9 Å². The topological polar surface area (TPSA) is 26.0 Å². The molecule has 0 saturated heterocycles. The lowest BCUT2D eigenvalue weighted by molar-refractivity contribution is 0.586. The maximum atomic E-state index is 13.3. The molecule has 0 aliphatic rings. The van der Waals surface area contributed by atoms with E-state index < -0.39 is 0 Å². The normalized spacial score (nSPS) is 12.5. The number of nitrogens with two attached hydrogens (primary N) is 1. The highest BCUT2D eigenvalue weighted by atomic mass is 79.9. The van der Waals surface area contributed by atoms with Gasteiger partial charge in [-0.15, -0.1) is 6.58 Å². The summed E-state index contributed by atoms with van der Waals surface area (Å²) in [6, 6.07) is 4.97.